The SMILES string of the molecule is CC(C)(C)OC(=O)NC1=N[C@@](C)(c2cc(Br)cnc2F)[C@@H]2C[C@@H]2O1. The van der Waals surface area contributed by atoms with E-state index in [4.69, 9.17) is 9.47 Å². The molecular weight excluding hydrogens is 381 g/mol. The van der Waals surface area contributed by atoms with Gasteiger partial charge in [-0.25, -0.2) is 20.1 Å². The third kappa shape index (κ3) is 3.38. The topological polar surface area (TPSA) is 72.8 Å². The molecule has 0 unspecified atom stereocenters. The normalized spacial score (nSPS) is 28.3. The van der Waals surface area contributed by atoms with E-state index < -0.39 is 23.2 Å². The molecule has 1 N–H and O–H groups in total. The highest BCUT2D eigenvalue weighted by Gasteiger charge is 2.58. The number of halogens is 2. The van der Waals surface area contributed by atoms with Crippen molar-refractivity contribution >= 4 is 28.0 Å². The van der Waals surface area contributed by atoms with Gasteiger partial charge in [0.15, 0.2) is 0 Å². The third-order valence-electron chi connectivity index (χ3n) is 4.01. The van der Waals surface area contributed by atoms with Crippen LogP contribution >= 0.6 is 15.9 Å². The fourth-order valence-electron chi connectivity index (χ4n) is 2.84. The van der Waals surface area contributed by atoms with Gasteiger partial charge in [-0.05, 0) is 56.1 Å². The number of pyridine rings is 1. The van der Waals surface area contributed by atoms with Crippen LogP contribution in [0.5, 0.6) is 0 Å². The monoisotopic (exact) mass is 399 g/mol. The Morgan fingerprint density at radius 3 is 2.92 bits per heavy atom. The number of alkyl carbamates (subject to hydrolysis) is 1. The number of nitrogens with one attached hydrogen (secondary N) is 1. The lowest BCUT2D eigenvalue weighted by Gasteiger charge is -2.31. The minimum Gasteiger partial charge on any atom is -0.461 e. The van der Waals surface area contributed by atoms with E-state index in [-0.39, 0.29) is 18.0 Å². The van der Waals surface area contributed by atoms with Gasteiger partial charge in [0.25, 0.3) is 6.02 Å². The van der Waals surface area contributed by atoms with Crippen LogP contribution in [-0.2, 0) is 15.0 Å². The zero-order valence-corrected chi connectivity index (χ0v) is 15.5. The van der Waals surface area contributed by atoms with Gasteiger partial charge in [-0.15, -0.1) is 0 Å². The molecule has 1 saturated carbocycles. The van der Waals surface area contributed by atoms with Crippen molar-refractivity contribution in [2.75, 3.05) is 0 Å². The first-order chi connectivity index (χ1) is 11.1. The Balaban J connectivity index is 1.88. The van der Waals surface area contributed by atoms with E-state index in [0.29, 0.717) is 10.0 Å². The van der Waals surface area contributed by atoms with Crippen LogP contribution in [0.1, 0.15) is 39.7 Å². The number of carbonyl (C=O) groups excluding carboxylic acids is 1. The molecule has 1 aliphatic heterocycles. The minimum absolute atomic E-state index is 0.0462. The largest absolute Gasteiger partial charge is 0.461 e. The third-order valence-corrected chi connectivity index (χ3v) is 4.44. The molecule has 1 fully saturated rings. The van der Waals surface area contributed by atoms with Gasteiger partial charge >= 0.3 is 6.09 Å². The Kier molecular flexibility index (Phi) is 4.06. The number of hydrogen-bond acceptors (Lipinski definition) is 5. The zero-order chi connectivity index (χ0) is 17.7. The first-order valence-corrected chi connectivity index (χ1v) is 8.46. The number of aliphatic imine (C=N–C) groups is 1. The molecule has 0 bridgehead atoms. The first-order valence-electron chi connectivity index (χ1n) is 7.66. The second-order valence-electron chi connectivity index (χ2n) is 7.18. The number of nitrogens with zero attached hydrogens (tertiary/aromatic N) is 2. The number of fused-ring (bicyclic) bond motifs is 1. The predicted octanol–water partition coefficient (Wildman–Crippen LogP) is 3.50. The highest BCUT2D eigenvalue weighted by molar-refractivity contribution is 9.10. The van der Waals surface area contributed by atoms with Crippen LogP contribution in [0.4, 0.5) is 9.18 Å². The number of carbonyl (C=O) groups is 1. The summed E-state index contributed by atoms with van der Waals surface area (Å²) < 4.78 is 25.7. The lowest BCUT2D eigenvalue weighted by Crippen LogP contribution is -2.43. The van der Waals surface area contributed by atoms with Crippen LogP contribution in [-0.4, -0.2) is 28.8 Å². The number of amidine groups is 1. The number of hydrogen-bond donors (Lipinski definition) is 1. The second-order valence-corrected chi connectivity index (χ2v) is 8.10. The highest BCUT2D eigenvalue weighted by Crippen LogP contribution is 2.53. The van der Waals surface area contributed by atoms with Gasteiger partial charge in [-0.3, -0.25) is 0 Å². The molecule has 0 aromatic carbocycles. The maximum absolute atomic E-state index is 14.2. The van der Waals surface area contributed by atoms with E-state index in [1.54, 1.807) is 26.8 Å². The van der Waals surface area contributed by atoms with Crippen LogP contribution < -0.4 is 5.32 Å². The summed E-state index contributed by atoms with van der Waals surface area (Å²) in [5, 5.41) is 2.50. The van der Waals surface area contributed by atoms with Crippen LogP contribution in [0, 0.1) is 11.9 Å². The fourth-order valence-corrected chi connectivity index (χ4v) is 3.17. The van der Waals surface area contributed by atoms with Gasteiger partial charge in [0.05, 0.1) is 5.54 Å². The molecule has 2 aliphatic rings. The van der Waals surface area contributed by atoms with Crippen molar-refractivity contribution in [3.8, 4) is 0 Å². The molecule has 1 aliphatic carbocycles. The van der Waals surface area contributed by atoms with Gasteiger partial charge in [0.2, 0.25) is 5.95 Å². The zero-order valence-electron chi connectivity index (χ0n) is 13.9. The number of amides is 1. The minimum atomic E-state index is -0.853. The highest BCUT2D eigenvalue weighted by atomic mass is 79.9. The van der Waals surface area contributed by atoms with Crippen LogP contribution in [0.3, 0.4) is 0 Å². The van der Waals surface area contributed by atoms with E-state index in [9.17, 15) is 9.18 Å². The summed E-state index contributed by atoms with van der Waals surface area (Å²) in [7, 11) is 0. The second kappa shape index (κ2) is 5.68. The maximum atomic E-state index is 14.2. The van der Waals surface area contributed by atoms with Gasteiger partial charge in [-0.2, -0.15) is 4.39 Å². The molecule has 1 aromatic rings. The fraction of sp³-hybridized carbons (Fsp3) is 0.562. The molecule has 0 spiro atoms. The number of ether oxygens (including phenoxy) is 2. The van der Waals surface area contributed by atoms with E-state index in [1.807, 2.05) is 6.92 Å². The molecule has 0 saturated heterocycles. The lowest BCUT2D eigenvalue weighted by molar-refractivity contribution is 0.0540. The van der Waals surface area contributed by atoms with E-state index in [1.165, 1.54) is 6.20 Å². The molecule has 3 atom stereocenters. The van der Waals surface area contributed by atoms with Crippen molar-refractivity contribution in [1.29, 1.82) is 0 Å². The lowest BCUT2D eigenvalue weighted by atomic mass is 9.88. The number of rotatable bonds is 1. The molecule has 1 amide bonds. The standard InChI is InChI=1S/C16H19BrFN3O3/c1-15(2,3)24-14(22)20-13-21-16(4,9-6-11(9)23-13)10-5-8(17)7-19-12(10)18/h5,7,9,11H,6H2,1-4H3,(H,20,21,22)/t9-,11+,16-/m1/s1. The van der Waals surface area contributed by atoms with Gasteiger partial charge < -0.3 is 9.47 Å². The maximum Gasteiger partial charge on any atom is 0.415 e. The summed E-state index contributed by atoms with van der Waals surface area (Å²) in [6.07, 6.45) is 1.38. The molecule has 2 heterocycles. The number of aromatic nitrogens is 1. The average Bonchev–Trinajstić information content (AvgIpc) is 3.19. The van der Waals surface area contributed by atoms with Gasteiger partial charge in [-0.1, -0.05) is 0 Å². The van der Waals surface area contributed by atoms with Crippen molar-refractivity contribution in [2.45, 2.75) is 51.4 Å². The van der Waals surface area contributed by atoms with Crippen molar-refractivity contribution in [1.82, 2.24) is 10.3 Å². The molecular formula is C16H19BrFN3O3. The smallest absolute Gasteiger partial charge is 0.415 e. The van der Waals surface area contributed by atoms with Crippen molar-refractivity contribution in [3.63, 3.8) is 0 Å². The molecule has 3 rings (SSSR count). The Morgan fingerprint density at radius 2 is 2.25 bits per heavy atom. The predicted molar refractivity (Wildman–Crippen MR) is 89.0 cm³/mol. The van der Waals surface area contributed by atoms with Crippen LogP contribution in [0.15, 0.2) is 21.7 Å². The van der Waals surface area contributed by atoms with Crippen LogP contribution in [0.2, 0.25) is 0 Å². The van der Waals surface area contributed by atoms with E-state index in [2.05, 4.69) is 31.2 Å². The molecule has 130 valence electrons. The molecule has 6 nitrogen and oxygen atoms in total. The average molecular weight is 400 g/mol. The van der Waals surface area contributed by atoms with E-state index in [0.717, 1.165) is 6.42 Å². The Labute approximate surface area is 148 Å². The molecule has 24 heavy (non-hydrogen) atoms. The summed E-state index contributed by atoms with van der Waals surface area (Å²) in [6.45, 7) is 7.11. The molecule has 8 heteroatoms. The van der Waals surface area contributed by atoms with Crippen molar-refractivity contribution in [3.05, 3.63) is 28.2 Å². The first kappa shape index (κ1) is 17.1. The van der Waals surface area contributed by atoms with Crippen LogP contribution in [0.25, 0.3) is 0 Å². The Morgan fingerprint density at radius 1 is 1.54 bits per heavy atom. The summed E-state index contributed by atoms with van der Waals surface area (Å²) >= 11 is 3.31. The quantitative estimate of drug-likeness (QED) is 0.733. The van der Waals surface area contributed by atoms with Crippen molar-refractivity contribution < 1.29 is 18.7 Å². The summed E-state index contributed by atoms with van der Waals surface area (Å²) in [5.74, 6) is -0.527. The summed E-state index contributed by atoms with van der Waals surface area (Å²) in [4.78, 5) is 20.1. The van der Waals surface area contributed by atoms with E-state index >= 15 is 0 Å². The van der Waals surface area contributed by atoms with Crippen molar-refractivity contribution in [2.24, 2.45) is 10.9 Å². The van der Waals surface area contributed by atoms with Gasteiger partial charge in [0.1, 0.15) is 11.7 Å². The molecule has 0 radical (unpaired) electrons. The summed E-state index contributed by atoms with van der Waals surface area (Å²) in [5.41, 5.74) is -1.12. The van der Waals surface area contributed by atoms with Gasteiger partial charge in [0, 0.05) is 22.2 Å². The Bertz CT molecular complexity index is 719. The summed E-state index contributed by atoms with van der Waals surface area (Å²) in [6, 6.07) is 1.71. The molecule has 1 aromatic heterocycles. The Hall–Kier alpha value is -1.70.